The topological polar surface area (TPSA) is 23.0 Å². The number of rotatable bonds is 4. The van der Waals surface area contributed by atoms with Crippen LogP contribution in [0.2, 0.25) is 0 Å². The highest BCUT2D eigenvalue weighted by Crippen LogP contribution is 2.44. The Balaban J connectivity index is 1.04. The van der Waals surface area contributed by atoms with Crippen molar-refractivity contribution in [2.45, 2.75) is 12.3 Å². The average Bonchev–Trinajstić information content (AvgIpc) is 3.85. The molecular weight excluding hydrogens is 621 g/mol. The summed E-state index contributed by atoms with van der Waals surface area (Å²) in [6.45, 7) is 0. The van der Waals surface area contributed by atoms with Crippen LogP contribution in [-0.4, -0.2) is 9.13 Å². The summed E-state index contributed by atoms with van der Waals surface area (Å²) in [4.78, 5) is 0. The second-order valence-electron chi connectivity index (χ2n) is 13.7. The van der Waals surface area contributed by atoms with Crippen molar-refractivity contribution in [3.63, 3.8) is 0 Å². The Morgan fingerprint density at radius 3 is 1.94 bits per heavy atom. The van der Waals surface area contributed by atoms with Gasteiger partial charge < -0.3 is 13.6 Å². The van der Waals surface area contributed by atoms with Crippen LogP contribution >= 0.6 is 0 Å². The lowest BCUT2D eigenvalue weighted by Gasteiger charge is -2.24. The van der Waals surface area contributed by atoms with Gasteiger partial charge in [-0.25, -0.2) is 0 Å². The van der Waals surface area contributed by atoms with Gasteiger partial charge in [0, 0.05) is 55.5 Å². The zero-order valence-electron chi connectivity index (χ0n) is 27.8. The van der Waals surface area contributed by atoms with Gasteiger partial charge in [0.1, 0.15) is 11.2 Å². The van der Waals surface area contributed by atoms with Crippen LogP contribution in [0.4, 0.5) is 0 Å². The summed E-state index contributed by atoms with van der Waals surface area (Å²) in [6.07, 6.45) is 5.61. The number of fused-ring (bicyclic) bond motifs is 9. The van der Waals surface area contributed by atoms with Gasteiger partial charge in [-0.05, 0) is 89.8 Å². The molecule has 0 fully saturated rings. The third-order valence-corrected chi connectivity index (χ3v) is 10.9. The molecule has 0 aliphatic heterocycles. The summed E-state index contributed by atoms with van der Waals surface area (Å²) in [5, 5.41) is 6.15. The van der Waals surface area contributed by atoms with E-state index in [0.29, 0.717) is 0 Å². The molecule has 0 saturated heterocycles. The number of furan rings is 1. The molecule has 0 N–H and O–H groups in total. The van der Waals surface area contributed by atoms with Crippen LogP contribution in [0.15, 0.2) is 174 Å². The molecule has 1 aliphatic carbocycles. The minimum Gasteiger partial charge on any atom is -0.456 e. The van der Waals surface area contributed by atoms with Gasteiger partial charge in [-0.3, -0.25) is 0 Å². The molecule has 0 bridgehead atoms. The Labute approximate surface area is 294 Å². The first-order valence-electron chi connectivity index (χ1n) is 17.7. The zero-order chi connectivity index (χ0) is 33.5. The highest BCUT2D eigenvalue weighted by molar-refractivity contribution is 6.10. The first-order valence-corrected chi connectivity index (χ1v) is 17.7. The van der Waals surface area contributed by atoms with Gasteiger partial charge in [-0.1, -0.05) is 109 Å². The number of hydrogen-bond donors (Lipinski definition) is 0. The van der Waals surface area contributed by atoms with Crippen LogP contribution in [0.25, 0.3) is 83.2 Å². The number of hydrogen-bond acceptors (Lipinski definition) is 1. The Kier molecular flexibility index (Phi) is 6.08. The molecule has 240 valence electrons. The SMILES string of the molecule is C1=Cc2c(n(-c3ccc(-c4ccc5c(c4)c4ccccc4n5-c4ccccc4)cc3)c3ccccc23)C(c2ccc3oc4ccccc4c3c2)C1. The molecule has 3 heterocycles. The minimum absolute atomic E-state index is 0.208. The van der Waals surface area contributed by atoms with Gasteiger partial charge in [0.15, 0.2) is 0 Å². The van der Waals surface area contributed by atoms with Crippen molar-refractivity contribution in [3.05, 3.63) is 187 Å². The molecule has 1 atom stereocenters. The normalized spacial score (nSPS) is 14.3. The predicted octanol–water partition coefficient (Wildman–Crippen LogP) is 12.8. The van der Waals surface area contributed by atoms with Crippen molar-refractivity contribution in [1.29, 1.82) is 0 Å². The first kappa shape index (κ1) is 28.3. The lowest BCUT2D eigenvalue weighted by Crippen LogP contribution is -2.11. The molecule has 10 aromatic rings. The molecule has 1 aliphatic rings. The maximum Gasteiger partial charge on any atom is 0.135 e. The highest BCUT2D eigenvalue weighted by Gasteiger charge is 2.28. The zero-order valence-corrected chi connectivity index (χ0v) is 27.8. The third-order valence-electron chi connectivity index (χ3n) is 10.9. The van der Waals surface area contributed by atoms with Crippen molar-refractivity contribution in [1.82, 2.24) is 9.13 Å². The van der Waals surface area contributed by atoms with E-state index in [0.717, 1.165) is 17.6 Å². The second-order valence-corrected chi connectivity index (χ2v) is 13.7. The largest absolute Gasteiger partial charge is 0.456 e. The Morgan fingerprint density at radius 1 is 0.451 bits per heavy atom. The second kappa shape index (κ2) is 11.0. The van der Waals surface area contributed by atoms with Crippen molar-refractivity contribution in [3.8, 4) is 22.5 Å². The molecular formula is C48H32N2O. The lowest BCUT2D eigenvalue weighted by atomic mass is 9.85. The van der Waals surface area contributed by atoms with E-state index in [1.54, 1.807) is 0 Å². The van der Waals surface area contributed by atoms with Crippen molar-refractivity contribution in [2.75, 3.05) is 0 Å². The van der Waals surface area contributed by atoms with Gasteiger partial charge in [-0.2, -0.15) is 0 Å². The third kappa shape index (κ3) is 4.25. The Morgan fingerprint density at radius 2 is 1.10 bits per heavy atom. The molecule has 3 heteroatoms. The summed E-state index contributed by atoms with van der Waals surface area (Å²) >= 11 is 0. The molecule has 3 aromatic heterocycles. The summed E-state index contributed by atoms with van der Waals surface area (Å²) in [7, 11) is 0. The van der Waals surface area contributed by atoms with Gasteiger partial charge in [0.2, 0.25) is 0 Å². The fourth-order valence-corrected chi connectivity index (χ4v) is 8.58. The van der Waals surface area contributed by atoms with E-state index >= 15 is 0 Å². The Bertz CT molecular complexity index is 2990. The van der Waals surface area contributed by atoms with Gasteiger partial charge in [0.25, 0.3) is 0 Å². The fraction of sp³-hybridized carbons (Fsp3) is 0.0417. The Hall–Kier alpha value is -6.58. The minimum atomic E-state index is 0.208. The number of allylic oxidation sites excluding steroid dienone is 1. The smallest absolute Gasteiger partial charge is 0.135 e. The maximum absolute atomic E-state index is 6.20. The molecule has 51 heavy (non-hydrogen) atoms. The van der Waals surface area contributed by atoms with Gasteiger partial charge >= 0.3 is 0 Å². The molecule has 3 nitrogen and oxygen atoms in total. The van der Waals surface area contributed by atoms with Crippen molar-refractivity contribution >= 4 is 60.7 Å². The molecule has 0 spiro atoms. The molecule has 0 saturated carbocycles. The van der Waals surface area contributed by atoms with Crippen LogP contribution in [0.5, 0.6) is 0 Å². The van der Waals surface area contributed by atoms with Crippen LogP contribution in [0.1, 0.15) is 29.2 Å². The molecule has 0 radical (unpaired) electrons. The van der Waals surface area contributed by atoms with E-state index in [2.05, 4.69) is 179 Å². The van der Waals surface area contributed by atoms with E-state index in [1.807, 2.05) is 6.07 Å². The number of aromatic nitrogens is 2. The van der Waals surface area contributed by atoms with Gasteiger partial charge in [0.05, 0.1) is 16.6 Å². The maximum atomic E-state index is 6.20. The molecule has 7 aromatic carbocycles. The number of nitrogens with zero attached hydrogens (tertiary/aromatic N) is 2. The van der Waals surface area contributed by atoms with Crippen LogP contribution in [-0.2, 0) is 0 Å². The van der Waals surface area contributed by atoms with E-state index in [9.17, 15) is 0 Å². The van der Waals surface area contributed by atoms with Crippen molar-refractivity contribution < 1.29 is 4.42 Å². The van der Waals surface area contributed by atoms with E-state index in [-0.39, 0.29) is 5.92 Å². The molecule has 0 amide bonds. The van der Waals surface area contributed by atoms with Crippen LogP contribution in [0.3, 0.4) is 0 Å². The first-order chi connectivity index (χ1) is 25.3. The average molecular weight is 653 g/mol. The van der Waals surface area contributed by atoms with Crippen molar-refractivity contribution in [2.24, 2.45) is 0 Å². The predicted molar refractivity (Wildman–Crippen MR) is 212 cm³/mol. The number of benzene rings is 7. The summed E-state index contributed by atoms with van der Waals surface area (Å²) < 4.78 is 11.1. The van der Waals surface area contributed by atoms with Gasteiger partial charge in [-0.15, -0.1) is 0 Å². The summed E-state index contributed by atoms with van der Waals surface area (Å²) in [5.74, 6) is 0.208. The molecule has 1 unspecified atom stereocenters. The summed E-state index contributed by atoms with van der Waals surface area (Å²) in [6, 6.07) is 59.4. The van der Waals surface area contributed by atoms with Crippen LogP contribution in [0, 0.1) is 0 Å². The van der Waals surface area contributed by atoms with E-state index in [1.165, 1.54) is 82.8 Å². The van der Waals surface area contributed by atoms with E-state index in [4.69, 9.17) is 4.42 Å². The summed E-state index contributed by atoms with van der Waals surface area (Å²) in [5.41, 5.74) is 14.3. The highest BCUT2D eigenvalue weighted by atomic mass is 16.3. The fourth-order valence-electron chi connectivity index (χ4n) is 8.58. The standard InChI is InChI=1S/C48H32N2O/c1-2-11-34(12-3-1)49-43-18-7-5-14-38(43)41-29-32(23-27-45(41)49)31-21-25-35(26-22-31)50-44-19-8-4-13-37(44)40-17-10-16-36(48(40)50)33-24-28-47-42(30-33)39-15-6-9-20-46(39)51-47/h1-15,17-30,36H,16H2. The monoisotopic (exact) mass is 652 g/mol. The lowest BCUT2D eigenvalue weighted by molar-refractivity contribution is 0.668. The quantitative estimate of drug-likeness (QED) is 0.186. The number of para-hydroxylation sites is 4. The molecule has 11 rings (SSSR count). The van der Waals surface area contributed by atoms with E-state index < -0.39 is 0 Å². The van der Waals surface area contributed by atoms with Crippen LogP contribution < -0.4 is 0 Å².